The van der Waals surface area contributed by atoms with Crippen LogP contribution in [0.4, 0.5) is 0 Å². The molecule has 0 aliphatic rings. The van der Waals surface area contributed by atoms with E-state index >= 15 is 0 Å². The molecule has 0 saturated carbocycles. The van der Waals surface area contributed by atoms with Crippen LogP contribution in [0.5, 0.6) is 0 Å². The third-order valence-electron chi connectivity index (χ3n) is 2.11. The molecular formula is C10H12BrNO5S. The fourth-order valence-electron chi connectivity index (χ4n) is 1.21. The van der Waals surface area contributed by atoms with Crippen molar-refractivity contribution in [3.05, 3.63) is 28.2 Å². The van der Waals surface area contributed by atoms with Crippen molar-refractivity contribution in [3.8, 4) is 0 Å². The van der Waals surface area contributed by atoms with Gasteiger partial charge < -0.3 is 10.2 Å². The number of benzene rings is 1. The van der Waals surface area contributed by atoms with E-state index in [0.717, 1.165) is 6.07 Å². The summed E-state index contributed by atoms with van der Waals surface area (Å²) in [6, 6.07) is 3.04. The van der Waals surface area contributed by atoms with Crippen LogP contribution < -0.4 is 4.72 Å². The smallest absolute Gasteiger partial charge is 0.336 e. The van der Waals surface area contributed by atoms with Gasteiger partial charge in [-0.3, -0.25) is 0 Å². The summed E-state index contributed by atoms with van der Waals surface area (Å²) >= 11 is 3.03. The SMILES string of the molecule is C[C@@H](CO)NS(=O)(=O)c1ccc(Br)c(C(=O)O)c1. The third-order valence-corrected chi connectivity index (χ3v) is 4.39. The molecule has 0 spiro atoms. The van der Waals surface area contributed by atoms with Crippen molar-refractivity contribution in [2.45, 2.75) is 17.9 Å². The number of carboxylic acid groups (broad SMARTS) is 1. The number of carbonyl (C=O) groups is 1. The van der Waals surface area contributed by atoms with E-state index in [9.17, 15) is 13.2 Å². The van der Waals surface area contributed by atoms with Gasteiger partial charge in [-0.1, -0.05) is 0 Å². The first-order chi connectivity index (χ1) is 8.27. The maximum absolute atomic E-state index is 11.9. The molecule has 1 aromatic carbocycles. The van der Waals surface area contributed by atoms with Crippen molar-refractivity contribution in [2.24, 2.45) is 0 Å². The van der Waals surface area contributed by atoms with Crippen LogP contribution in [0.1, 0.15) is 17.3 Å². The van der Waals surface area contributed by atoms with Crippen molar-refractivity contribution in [3.63, 3.8) is 0 Å². The standard InChI is InChI=1S/C10H12BrNO5S/c1-6(5-13)12-18(16,17)7-2-3-9(11)8(4-7)10(14)15/h2-4,6,12-13H,5H2,1H3,(H,14,15)/t6-/m0/s1. The van der Waals surface area contributed by atoms with E-state index in [1.165, 1.54) is 19.1 Å². The molecule has 0 heterocycles. The average Bonchev–Trinajstić information content (AvgIpc) is 2.28. The lowest BCUT2D eigenvalue weighted by Crippen LogP contribution is -2.35. The first-order valence-corrected chi connectivity index (χ1v) is 7.21. The molecule has 0 radical (unpaired) electrons. The molecule has 18 heavy (non-hydrogen) atoms. The lowest BCUT2D eigenvalue weighted by molar-refractivity contribution is 0.0695. The van der Waals surface area contributed by atoms with Crippen molar-refractivity contribution >= 4 is 31.9 Å². The van der Waals surface area contributed by atoms with Gasteiger partial charge in [-0.15, -0.1) is 0 Å². The predicted octanol–water partition coefficient (Wildman–Crippen LogP) is 0.806. The number of carboxylic acids is 1. The highest BCUT2D eigenvalue weighted by molar-refractivity contribution is 9.10. The summed E-state index contributed by atoms with van der Waals surface area (Å²) < 4.78 is 26.2. The van der Waals surface area contributed by atoms with Gasteiger partial charge in [-0.25, -0.2) is 17.9 Å². The first-order valence-electron chi connectivity index (χ1n) is 4.94. The van der Waals surface area contributed by atoms with Crippen LogP contribution in [-0.4, -0.2) is 37.2 Å². The van der Waals surface area contributed by atoms with E-state index in [1.54, 1.807) is 0 Å². The number of aliphatic hydroxyl groups is 1. The molecule has 1 atom stereocenters. The van der Waals surface area contributed by atoms with Crippen LogP contribution in [-0.2, 0) is 10.0 Å². The number of sulfonamides is 1. The lowest BCUT2D eigenvalue weighted by Gasteiger charge is -2.12. The Bertz CT molecular complexity index is 557. The van der Waals surface area contributed by atoms with E-state index < -0.39 is 22.0 Å². The molecule has 0 aromatic heterocycles. The van der Waals surface area contributed by atoms with Gasteiger partial charge >= 0.3 is 5.97 Å². The van der Waals surface area contributed by atoms with Crippen LogP contribution in [0.2, 0.25) is 0 Å². The van der Waals surface area contributed by atoms with Crippen molar-refractivity contribution in [1.82, 2.24) is 4.72 Å². The molecule has 100 valence electrons. The molecule has 3 N–H and O–H groups in total. The second-order valence-electron chi connectivity index (χ2n) is 3.65. The molecule has 0 aliphatic heterocycles. The molecular weight excluding hydrogens is 326 g/mol. The number of aliphatic hydroxyl groups excluding tert-OH is 1. The van der Waals surface area contributed by atoms with Crippen LogP contribution >= 0.6 is 15.9 Å². The Balaban J connectivity index is 3.18. The Labute approximate surface area is 113 Å². The Morgan fingerprint density at radius 3 is 2.61 bits per heavy atom. The normalized spacial score (nSPS) is 13.3. The molecule has 0 bridgehead atoms. The van der Waals surface area contributed by atoms with Gasteiger partial charge in [0.25, 0.3) is 0 Å². The summed E-state index contributed by atoms with van der Waals surface area (Å²) in [7, 11) is -3.84. The Morgan fingerprint density at radius 1 is 1.50 bits per heavy atom. The second kappa shape index (κ2) is 5.79. The fraction of sp³-hybridized carbons (Fsp3) is 0.300. The van der Waals surface area contributed by atoms with Crippen LogP contribution in [0.15, 0.2) is 27.6 Å². The number of nitrogens with one attached hydrogen (secondary N) is 1. The van der Waals surface area contributed by atoms with Gasteiger partial charge in [-0.05, 0) is 41.1 Å². The van der Waals surface area contributed by atoms with E-state index in [4.69, 9.17) is 10.2 Å². The Kier molecular flexibility index (Phi) is 4.85. The van der Waals surface area contributed by atoms with E-state index in [2.05, 4.69) is 20.7 Å². The summed E-state index contributed by atoms with van der Waals surface area (Å²) in [5.41, 5.74) is -0.144. The zero-order chi connectivity index (χ0) is 13.9. The fourth-order valence-corrected chi connectivity index (χ4v) is 2.88. The minimum Gasteiger partial charge on any atom is -0.478 e. The maximum atomic E-state index is 11.9. The predicted molar refractivity (Wildman–Crippen MR) is 68.0 cm³/mol. The van der Waals surface area contributed by atoms with Gasteiger partial charge in [-0.2, -0.15) is 0 Å². The highest BCUT2D eigenvalue weighted by Crippen LogP contribution is 2.21. The second-order valence-corrected chi connectivity index (χ2v) is 6.22. The highest BCUT2D eigenvalue weighted by atomic mass is 79.9. The first kappa shape index (κ1) is 15.1. The highest BCUT2D eigenvalue weighted by Gasteiger charge is 2.19. The average molecular weight is 338 g/mol. The minimum absolute atomic E-state index is 0.144. The van der Waals surface area contributed by atoms with E-state index in [0.29, 0.717) is 4.47 Å². The molecule has 1 rings (SSSR count). The quantitative estimate of drug-likeness (QED) is 0.737. The van der Waals surface area contributed by atoms with Gasteiger partial charge in [0.05, 0.1) is 17.1 Å². The number of hydrogen-bond donors (Lipinski definition) is 3. The molecule has 0 fully saturated rings. The largest absolute Gasteiger partial charge is 0.478 e. The Morgan fingerprint density at radius 2 is 2.11 bits per heavy atom. The summed E-state index contributed by atoms with van der Waals surface area (Å²) in [5.74, 6) is -1.23. The molecule has 8 heteroatoms. The van der Waals surface area contributed by atoms with Crippen molar-refractivity contribution in [2.75, 3.05) is 6.61 Å². The zero-order valence-corrected chi connectivity index (χ0v) is 11.8. The van der Waals surface area contributed by atoms with Gasteiger partial charge in [0.2, 0.25) is 10.0 Å². The van der Waals surface area contributed by atoms with Crippen molar-refractivity contribution in [1.29, 1.82) is 0 Å². The van der Waals surface area contributed by atoms with Gasteiger partial charge in [0, 0.05) is 10.5 Å². The Hall–Kier alpha value is -0.960. The van der Waals surface area contributed by atoms with Crippen LogP contribution in [0.25, 0.3) is 0 Å². The van der Waals surface area contributed by atoms with Gasteiger partial charge in [0.1, 0.15) is 0 Å². The van der Waals surface area contributed by atoms with Crippen molar-refractivity contribution < 1.29 is 23.4 Å². The molecule has 0 saturated heterocycles. The zero-order valence-electron chi connectivity index (χ0n) is 9.42. The monoisotopic (exact) mass is 337 g/mol. The topological polar surface area (TPSA) is 104 Å². The maximum Gasteiger partial charge on any atom is 0.336 e. The minimum atomic E-state index is -3.84. The molecule has 0 amide bonds. The molecule has 0 aliphatic carbocycles. The molecule has 6 nitrogen and oxygen atoms in total. The van der Waals surface area contributed by atoms with E-state index in [1.807, 2.05) is 0 Å². The molecule has 1 aromatic rings. The number of halogens is 1. The molecule has 0 unspecified atom stereocenters. The van der Waals surface area contributed by atoms with Gasteiger partial charge in [0.15, 0.2) is 0 Å². The number of aromatic carboxylic acids is 1. The number of rotatable bonds is 5. The third kappa shape index (κ3) is 3.52. The van der Waals surface area contributed by atoms with E-state index in [-0.39, 0.29) is 17.1 Å². The van der Waals surface area contributed by atoms with Crippen LogP contribution in [0.3, 0.4) is 0 Å². The van der Waals surface area contributed by atoms with Crippen LogP contribution in [0, 0.1) is 0 Å². The lowest BCUT2D eigenvalue weighted by atomic mass is 10.2. The number of hydrogen-bond acceptors (Lipinski definition) is 4. The summed E-state index contributed by atoms with van der Waals surface area (Å²) in [5, 5.41) is 17.7. The summed E-state index contributed by atoms with van der Waals surface area (Å²) in [6.07, 6.45) is 0. The summed E-state index contributed by atoms with van der Waals surface area (Å²) in [6.45, 7) is 1.15. The summed E-state index contributed by atoms with van der Waals surface area (Å²) in [4.78, 5) is 10.7.